The quantitative estimate of drug-likeness (QED) is 0.721. The first kappa shape index (κ1) is 23.8. The lowest BCUT2D eigenvalue weighted by atomic mass is 9.89. The summed E-state index contributed by atoms with van der Waals surface area (Å²) in [5.41, 5.74) is -0.540. The molecule has 1 aromatic rings. The summed E-state index contributed by atoms with van der Waals surface area (Å²) in [4.78, 5) is 53.9. The first-order valence-electron chi connectivity index (χ1n) is 11.7. The minimum absolute atomic E-state index is 0.00123. The number of pyridine rings is 1. The van der Waals surface area contributed by atoms with E-state index in [1.807, 2.05) is 4.57 Å². The lowest BCUT2D eigenvalue weighted by Crippen LogP contribution is -2.51. The van der Waals surface area contributed by atoms with Crippen LogP contribution in [0.1, 0.15) is 66.7 Å². The summed E-state index contributed by atoms with van der Waals surface area (Å²) in [7, 11) is 0. The van der Waals surface area contributed by atoms with Gasteiger partial charge in [-0.2, -0.15) is 0 Å². The third kappa shape index (κ3) is 5.69. The standard InChI is InChI=1S/C23H34N4O5/c1-3-24-21(29)18-15-25(14-17-8-6-5-7-9-17)16-19(20(18)28)22(30)26-10-12-27(13-11-26)23(31)32-4-2/h15-17H,3-14H2,1-2H3,(H,24,29). The second-order valence-electron chi connectivity index (χ2n) is 8.45. The number of hydrogen-bond donors (Lipinski definition) is 1. The van der Waals surface area contributed by atoms with E-state index in [4.69, 9.17) is 4.74 Å². The number of rotatable bonds is 6. The zero-order chi connectivity index (χ0) is 23.1. The van der Waals surface area contributed by atoms with Crippen LogP contribution < -0.4 is 10.7 Å². The molecular formula is C23H34N4O5. The Hall–Kier alpha value is -2.84. The number of amides is 3. The van der Waals surface area contributed by atoms with Crippen LogP contribution in [0.15, 0.2) is 17.2 Å². The number of piperazine rings is 1. The number of ether oxygens (including phenoxy) is 1. The number of nitrogens with zero attached hydrogens (tertiary/aromatic N) is 3. The van der Waals surface area contributed by atoms with Crippen LogP contribution in [-0.4, -0.2) is 71.6 Å². The normalized spacial score (nSPS) is 17.2. The number of carbonyl (C=O) groups excluding carboxylic acids is 3. The van der Waals surface area contributed by atoms with Crippen LogP contribution in [0, 0.1) is 5.92 Å². The Morgan fingerprint density at radius 2 is 1.59 bits per heavy atom. The Morgan fingerprint density at radius 3 is 2.22 bits per heavy atom. The van der Waals surface area contributed by atoms with Gasteiger partial charge in [0.05, 0.1) is 6.61 Å². The molecule has 0 atom stereocenters. The molecule has 2 aliphatic rings. The van der Waals surface area contributed by atoms with E-state index in [1.54, 1.807) is 36.0 Å². The zero-order valence-corrected chi connectivity index (χ0v) is 19.1. The van der Waals surface area contributed by atoms with Gasteiger partial charge >= 0.3 is 6.09 Å². The first-order chi connectivity index (χ1) is 15.4. The molecule has 0 bridgehead atoms. The second kappa shape index (κ2) is 11.2. The number of aromatic nitrogens is 1. The maximum absolute atomic E-state index is 13.2. The molecule has 1 aliphatic carbocycles. The van der Waals surface area contributed by atoms with E-state index in [0.29, 0.717) is 51.8 Å². The highest BCUT2D eigenvalue weighted by molar-refractivity contribution is 5.99. The van der Waals surface area contributed by atoms with Gasteiger partial charge in [0.25, 0.3) is 11.8 Å². The van der Waals surface area contributed by atoms with Crippen molar-refractivity contribution in [3.05, 3.63) is 33.7 Å². The van der Waals surface area contributed by atoms with Gasteiger partial charge in [-0.05, 0) is 32.6 Å². The van der Waals surface area contributed by atoms with Gasteiger partial charge in [0, 0.05) is 51.7 Å². The van der Waals surface area contributed by atoms with Gasteiger partial charge in [0.2, 0.25) is 5.43 Å². The molecule has 3 amide bonds. The molecule has 1 saturated heterocycles. The topological polar surface area (TPSA) is 101 Å². The van der Waals surface area contributed by atoms with E-state index in [0.717, 1.165) is 12.8 Å². The second-order valence-corrected chi connectivity index (χ2v) is 8.45. The van der Waals surface area contributed by atoms with Crippen LogP contribution in [0.5, 0.6) is 0 Å². The number of hydrogen-bond acceptors (Lipinski definition) is 5. The third-order valence-corrected chi connectivity index (χ3v) is 6.18. The fourth-order valence-corrected chi connectivity index (χ4v) is 4.45. The smallest absolute Gasteiger partial charge is 0.409 e. The summed E-state index contributed by atoms with van der Waals surface area (Å²) in [5.74, 6) is -0.386. The average Bonchev–Trinajstić information content (AvgIpc) is 2.80. The predicted octanol–water partition coefficient (Wildman–Crippen LogP) is 2.09. The largest absolute Gasteiger partial charge is 0.450 e. The summed E-state index contributed by atoms with van der Waals surface area (Å²) in [6.07, 6.45) is 8.62. The van der Waals surface area contributed by atoms with E-state index < -0.39 is 23.3 Å². The van der Waals surface area contributed by atoms with Crippen LogP contribution in [0.3, 0.4) is 0 Å². The molecular weight excluding hydrogens is 412 g/mol. The minimum atomic E-state index is -0.548. The molecule has 0 spiro atoms. The zero-order valence-electron chi connectivity index (χ0n) is 19.1. The number of carbonyl (C=O) groups is 3. The highest BCUT2D eigenvalue weighted by atomic mass is 16.6. The summed E-state index contributed by atoms with van der Waals surface area (Å²) >= 11 is 0. The van der Waals surface area contributed by atoms with Crippen molar-refractivity contribution in [1.82, 2.24) is 19.7 Å². The summed E-state index contributed by atoms with van der Waals surface area (Å²) in [5, 5.41) is 2.67. The predicted molar refractivity (Wildman–Crippen MR) is 120 cm³/mol. The molecule has 2 fully saturated rings. The van der Waals surface area contributed by atoms with Gasteiger partial charge in [0.15, 0.2) is 0 Å². The Bertz CT molecular complexity index is 883. The number of nitrogens with one attached hydrogen (secondary N) is 1. The highest BCUT2D eigenvalue weighted by Gasteiger charge is 2.28. The Balaban J connectivity index is 1.82. The maximum Gasteiger partial charge on any atom is 0.409 e. The van der Waals surface area contributed by atoms with Crippen molar-refractivity contribution in [2.24, 2.45) is 5.92 Å². The minimum Gasteiger partial charge on any atom is -0.450 e. The van der Waals surface area contributed by atoms with Crippen LogP contribution in [0.2, 0.25) is 0 Å². The van der Waals surface area contributed by atoms with Gasteiger partial charge in [-0.25, -0.2) is 4.79 Å². The summed E-state index contributed by atoms with van der Waals surface area (Å²) in [6, 6.07) is 0. The average molecular weight is 447 g/mol. The van der Waals surface area contributed by atoms with Gasteiger partial charge in [-0.1, -0.05) is 19.3 Å². The maximum atomic E-state index is 13.2. The molecule has 1 N–H and O–H groups in total. The Kier molecular flexibility index (Phi) is 8.30. The van der Waals surface area contributed by atoms with Crippen molar-refractivity contribution >= 4 is 17.9 Å². The molecule has 32 heavy (non-hydrogen) atoms. The summed E-state index contributed by atoms with van der Waals surface area (Å²) < 4.78 is 6.86. The molecule has 9 nitrogen and oxygen atoms in total. The molecule has 3 rings (SSSR count). The lowest BCUT2D eigenvalue weighted by molar-refractivity contribution is 0.0568. The van der Waals surface area contributed by atoms with Crippen molar-refractivity contribution in [1.29, 1.82) is 0 Å². The van der Waals surface area contributed by atoms with Gasteiger partial charge in [-0.3, -0.25) is 14.4 Å². The Morgan fingerprint density at radius 1 is 0.969 bits per heavy atom. The van der Waals surface area contributed by atoms with Crippen molar-refractivity contribution in [2.75, 3.05) is 39.3 Å². The fourth-order valence-electron chi connectivity index (χ4n) is 4.45. The van der Waals surface area contributed by atoms with Gasteiger partial charge in [-0.15, -0.1) is 0 Å². The Labute approximate surface area is 188 Å². The lowest BCUT2D eigenvalue weighted by Gasteiger charge is -2.34. The molecule has 1 aliphatic heterocycles. The molecule has 9 heteroatoms. The van der Waals surface area contributed by atoms with Gasteiger partial charge < -0.3 is 24.4 Å². The van der Waals surface area contributed by atoms with Crippen molar-refractivity contribution < 1.29 is 19.1 Å². The SMILES string of the molecule is CCNC(=O)c1cn(CC2CCCCC2)cc(C(=O)N2CCN(C(=O)OCC)CC2)c1=O. The molecule has 2 heterocycles. The first-order valence-corrected chi connectivity index (χ1v) is 11.7. The molecule has 176 valence electrons. The summed E-state index contributed by atoms with van der Waals surface area (Å²) in [6.45, 7) is 6.22. The van der Waals surface area contributed by atoms with Crippen molar-refractivity contribution in [3.8, 4) is 0 Å². The molecule has 1 aromatic heterocycles. The van der Waals surface area contributed by atoms with E-state index in [2.05, 4.69) is 5.32 Å². The fraction of sp³-hybridized carbons (Fsp3) is 0.652. The van der Waals surface area contributed by atoms with Crippen LogP contribution >= 0.6 is 0 Å². The van der Waals surface area contributed by atoms with Crippen LogP contribution in [-0.2, 0) is 11.3 Å². The highest BCUT2D eigenvalue weighted by Crippen LogP contribution is 2.25. The van der Waals surface area contributed by atoms with E-state index in [-0.39, 0.29) is 11.1 Å². The van der Waals surface area contributed by atoms with E-state index in [1.165, 1.54) is 19.3 Å². The molecule has 0 radical (unpaired) electrons. The van der Waals surface area contributed by atoms with E-state index >= 15 is 0 Å². The van der Waals surface area contributed by atoms with Gasteiger partial charge in [0.1, 0.15) is 11.1 Å². The van der Waals surface area contributed by atoms with Crippen LogP contribution in [0.4, 0.5) is 4.79 Å². The van der Waals surface area contributed by atoms with E-state index in [9.17, 15) is 19.2 Å². The van der Waals surface area contributed by atoms with Crippen molar-refractivity contribution in [3.63, 3.8) is 0 Å². The molecule has 1 saturated carbocycles. The van der Waals surface area contributed by atoms with Crippen LogP contribution in [0.25, 0.3) is 0 Å². The molecule has 0 unspecified atom stereocenters. The van der Waals surface area contributed by atoms with Crippen molar-refractivity contribution in [2.45, 2.75) is 52.5 Å². The molecule has 0 aromatic carbocycles. The monoisotopic (exact) mass is 446 g/mol. The third-order valence-electron chi connectivity index (χ3n) is 6.18.